The number of carbonyl (C=O) groups excluding carboxylic acids is 2. The second-order valence-corrected chi connectivity index (χ2v) is 11.0. The number of carboxylic acid groups (broad SMARTS) is 1. The monoisotopic (exact) mass is 591 g/mol. The number of nitrogens with zero attached hydrogens (tertiary/aromatic N) is 1. The third kappa shape index (κ3) is 13.7. The maximum absolute atomic E-state index is 13.4. The van der Waals surface area contributed by atoms with Crippen LogP contribution in [0.15, 0.2) is 18.2 Å². The molecule has 0 spiro atoms. The fourth-order valence-electron chi connectivity index (χ4n) is 3.95. The summed E-state index contributed by atoms with van der Waals surface area (Å²) in [6.45, 7) is 5.14. The first-order valence-corrected chi connectivity index (χ1v) is 15.1. The number of amides is 2. The number of phosphoric acid groups is 1. The van der Waals surface area contributed by atoms with Crippen LogP contribution in [-0.4, -0.2) is 67.9 Å². The Balaban J connectivity index is 3.04. The van der Waals surface area contributed by atoms with Gasteiger partial charge in [0.25, 0.3) is 0 Å². The van der Waals surface area contributed by atoms with Crippen LogP contribution >= 0.6 is 20.5 Å². The molecule has 0 aromatic heterocycles. The third-order valence-electron chi connectivity index (χ3n) is 6.00. The number of unbranched alkanes of at least 4 members (excludes halogenated alkanes) is 4. The molecule has 39 heavy (non-hydrogen) atoms. The minimum Gasteiger partial charge on any atom is -0.481 e. The molecular formula is C25H42N3O9PS. The van der Waals surface area contributed by atoms with E-state index in [1.54, 1.807) is 4.90 Å². The summed E-state index contributed by atoms with van der Waals surface area (Å²) in [6.07, 6.45) is 4.98. The number of hydrogen-bond donors (Lipinski definition) is 7. The number of hydrogen-bond acceptors (Lipinski definition) is 8. The van der Waals surface area contributed by atoms with Crippen molar-refractivity contribution in [3.8, 4) is 5.75 Å². The predicted octanol–water partition coefficient (Wildman–Crippen LogP) is 2.51. The van der Waals surface area contributed by atoms with Crippen LogP contribution in [0.1, 0.15) is 81.8 Å². The molecular weight excluding hydrogens is 549 g/mol. The van der Waals surface area contributed by atoms with E-state index >= 15 is 0 Å². The Hall–Kier alpha value is -2.15. The van der Waals surface area contributed by atoms with E-state index in [0.717, 1.165) is 38.5 Å². The summed E-state index contributed by atoms with van der Waals surface area (Å²) in [5, 5.41) is 21.7. The lowest BCUT2D eigenvalue weighted by atomic mass is 10.0. The van der Waals surface area contributed by atoms with Crippen LogP contribution in [0.25, 0.3) is 0 Å². The molecule has 0 bridgehead atoms. The number of nitrogens with two attached hydrogens (primary N) is 1. The van der Waals surface area contributed by atoms with Gasteiger partial charge in [-0.05, 0) is 43.4 Å². The van der Waals surface area contributed by atoms with Gasteiger partial charge in [0, 0.05) is 25.1 Å². The van der Waals surface area contributed by atoms with Gasteiger partial charge >= 0.3 is 13.8 Å². The van der Waals surface area contributed by atoms with Gasteiger partial charge in [0.2, 0.25) is 11.8 Å². The Bertz CT molecular complexity index is 980. The first kappa shape index (κ1) is 34.9. The van der Waals surface area contributed by atoms with Crippen molar-refractivity contribution in [2.24, 2.45) is 5.73 Å². The number of nitrogens with one attached hydrogen (secondary N) is 1. The minimum atomic E-state index is -4.89. The van der Waals surface area contributed by atoms with Gasteiger partial charge < -0.3 is 30.7 Å². The molecule has 0 saturated carbocycles. The molecule has 0 fully saturated rings. The number of carbonyl (C=O) groups is 3. The molecule has 12 nitrogen and oxygen atoms in total. The highest BCUT2D eigenvalue weighted by Crippen LogP contribution is 2.41. The van der Waals surface area contributed by atoms with Crippen LogP contribution in [0, 0.1) is 0 Å². The number of thiol groups is 1. The van der Waals surface area contributed by atoms with E-state index in [1.807, 2.05) is 0 Å². The molecule has 222 valence electrons. The van der Waals surface area contributed by atoms with Crippen molar-refractivity contribution >= 4 is 38.2 Å². The van der Waals surface area contributed by atoms with Crippen molar-refractivity contribution in [3.63, 3.8) is 0 Å². The maximum atomic E-state index is 13.4. The van der Waals surface area contributed by atoms with Crippen molar-refractivity contribution < 1.29 is 43.5 Å². The van der Waals surface area contributed by atoms with E-state index in [4.69, 9.17) is 15.5 Å². The zero-order chi connectivity index (χ0) is 29.6. The minimum absolute atomic E-state index is 0.0314. The first-order valence-electron chi connectivity index (χ1n) is 13.1. The largest absolute Gasteiger partial charge is 0.524 e. The van der Waals surface area contributed by atoms with Crippen LogP contribution in [0.5, 0.6) is 5.75 Å². The molecule has 7 N–H and O–H groups in total. The van der Waals surface area contributed by atoms with Crippen LogP contribution in [0.2, 0.25) is 0 Å². The standard InChI is InChI=1S/C25H42N3O9PS/c1-3-5-7-13-28(14-8-6-4-2)24(32)20(10-12-22(29)30)27-23(31)19(26)16-17-9-11-21(37-38(34,35)36)18(15-17)25(33)39/h9,11,15,19-20,25,33,39H,3-8,10,12-14,16,26H2,1-2H3,(H,27,31)(H,29,30)(H2,34,35,36)/t19-,20-,25-/m0/s1. The summed E-state index contributed by atoms with van der Waals surface area (Å²) in [5.74, 6) is -2.38. The van der Waals surface area contributed by atoms with E-state index in [2.05, 4.69) is 36.3 Å². The molecule has 3 atom stereocenters. The average Bonchev–Trinajstić information content (AvgIpc) is 2.85. The van der Waals surface area contributed by atoms with Gasteiger partial charge in [0.1, 0.15) is 17.2 Å². The molecule has 0 aliphatic carbocycles. The topological polar surface area (TPSA) is 200 Å². The number of aliphatic hydroxyl groups is 1. The molecule has 0 aliphatic rings. The number of rotatable bonds is 19. The van der Waals surface area contributed by atoms with Gasteiger partial charge in [0.05, 0.1) is 6.04 Å². The molecule has 1 aromatic rings. The van der Waals surface area contributed by atoms with Gasteiger partial charge in [-0.2, -0.15) is 0 Å². The SMILES string of the molecule is CCCCCN(CCCCC)C(=O)[C@H](CCC(=O)O)NC(=O)[C@@H](N)Cc1ccc(OP(=O)(O)O)c([C@@H](O)S)c1. The molecule has 0 saturated heterocycles. The zero-order valence-electron chi connectivity index (χ0n) is 22.5. The molecule has 1 rings (SSSR count). The van der Waals surface area contributed by atoms with E-state index in [0.29, 0.717) is 18.7 Å². The number of carboxylic acids is 1. The second-order valence-electron chi connectivity index (χ2n) is 9.37. The van der Waals surface area contributed by atoms with Gasteiger partial charge in [-0.15, -0.1) is 12.6 Å². The summed E-state index contributed by atoms with van der Waals surface area (Å²) >= 11 is 3.89. The lowest BCUT2D eigenvalue weighted by Gasteiger charge is -2.29. The van der Waals surface area contributed by atoms with Crippen LogP contribution in [0.3, 0.4) is 0 Å². The van der Waals surface area contributed by atoms with Crippen LogP contribution in [0.4, 0.5) is 0 Å². The van der Waals surface area contributed by atoms with Gasteiger partial charge in [-0.25, -0.2) is 4.57 Å². The Morgan fingerprint density at radius 3 is 2.18 bits per heavy atom. The van der Waals surface area contributed by atoms with Crippen molar-refractivity contribution in [1.29, 1.82) is 0 Å². The lowest BCUT2D eigenvalue weighted by Crippen LogP contribution is -2.53. The average molecular weight is 592 g/mol. The molecule has 14 heteroatoms. The summed E-state index contributed by atoms with van der Waals surface area (Å²) in [7, 11) is -4.89. The quantitative estimate of drug-likeness (QED) is 0.0543. The smallest absolute Gasteiger partial charge is 0.481 e. The highest BCUT2D eigenvalue weighted by molar-refractivity contribution is 7.80. The summed E-state index contributed by atoms with van der Waals surface area (Å²) in [4.78, 5) is 57.4. The molecule has 0 unspecified atom stereocenters. The summed E-state index contributed by atoms with van der Waals surface area (Å²) in [6, 6.07) is 1.80. The Kier molecular flexibility index (Phi) is 15.7. The maximum Gasteiger partial charge on any atom is 0.524 e. The summed E-state index contributed by atoms with van der Waals surface area (Å²) in [5.41, 5.74) is 5.08. The number of benzene rings is 1. The van der Waals surface area contributed by atoms with Gasteiger partial charge in [-0.3, -0.25) is 24.2 Å². The van der Waals surface area contributed by atoms with E-state index < -0.39 is 37.2 Å². The molecule has 2 amide bonds. The normalized spacial score (nSPS) is 13.8. The van der Waals surface area contributed by atoms with Gasteiger partial charge in [-0.1, -0.05) is 45.6 Å². The molecule has 0 radical (unpaired) electrons. The fraction of sp³-hybridized carbons (Fsp3) is 0.640. The number of aliphatic hydroxyl groups excluding tert-OH is 1. The molecule has 0 heterocycles. The van der Waals surface area contributed by atoms with Crippen LogP contribution in [-0.2, 0) is 25.4 Å². The Labute approximate surface area is 234 Å². The van der Waals surface area contributed by atoms with E-state index in [-0.39, 0.29) is 36.5 Å². The molecule has 0 aliphatic heterocycles. The number of aliphatic carboxylic acids is 1. The Morgan fingerprint density at radius 1 is 1.10 bits per heavy atom. The van der Waals surface area contributed by atoms with E-state index in [9.17, 15) is 29.2 Å². The fourth-order valence-corrected chi connectivity index (χ4v) is 4.57. The third-order valence-corrected chi connectivity index (χ3v) is 6.71. The van der Waals surface area contributed by atoms with Crippen LogP contribution < -0.4 is 15.6 Å². The van der Waals surface area contributed by atoms with Crippen molar-refractivity contribution in [1.82, 2.24) is 10.2 Å². The first-order chi connectivity index (χ1) is 18.3. The van der Waals surface area contributed by atoms with Crippen molar-refractivity contribution in [2.75, 3.05) is 13.1 Å². The predicted molar refractivity (Wildman–Crippen MR) is 149 cm³/mol. The lowest BCUT2D eigenvalue weighted by molar-refractivity contribution is -0.139. The summed E-state index contributed by atoms with van der Waals surface area (Å²) < 4.78 is 15.8. The highest BCUT2D eigenvalue weighted by Gasteiger charge is 2.28. The van der Waals surface area contributed by atoms with Crippen molar-refractivity contribution in [3.05, 3.63) is 29.3 Å². The highest BCUT2D eigenvalue weighted by atomic mass is 32.1. The second kappa shape index (κ2) is 17.5. The number of phosphoric ester groups is 1. The zero-order valence-corrected chi connectivity index (χ0v) is 24.3. The van der Waals surface area contributed by atoms with Crippen molar-refractivity contribution in [2.45, 2.75) is 89.2 Å². The molecule has 1 aromatic carbocycles. The van der Waals surface area contributed by atoms with E-state index in [1.165, 1.54) is 18.2 Å². The van der Waals surface area contributed by atoms with Gasteiger partial charge in [0.15, 0.2) is 0 Å². The Morgan fingerprint density at radius 2 is 1.69 bits per heavy atom.